The van der Waals surface area contributed by atoms with Crippen molar-refractivity contribution in [2.24, 2.45) is 0 Å². The second kappa shape index (κ2) is 4.91. The number of benzene rings is 1. The van der Waals surface area contributed by atoms with Crippen molar-refractivity contribution in [2.45, 2.75) is 9.10 Å². The van der Waals surface area contributed by atoms with Gasteiger partial charge >= 0.3 is 5.97 Å². The quantitative estimate of drug-likeness (QED) is 0.906. The number of thiophene rings is 1. The van der Waals surface area contributed by atoms with Crippen molar-refractivity contribution >= 4 is 40.7 Å². The molecule has 0 bridgehead atoms. The average molecular weight is 271 g/mol. The molecule has 0 aliphatic carbocycles. The first-order chi connectivity index (χ1) is 7.66. The fourth-order valence-corrected chi connectivity index (χ4v) is 3.32. The summed E-state index contributed by atoms with van der Waals surface area (Å²) in [7, 11) is 0. The van der Waals surface area contributed by atoms with Gasteiger partial charge in [0.25, 0.3) is 0 Å². The topological polar surface area (TPSA) is 37.3 Å². The van der Waals surface area contributed by atoms with E-state index in [2.05, 4.69) is 0 Å². The van der Waals surface area contributed by atoms with Gasteiger partial charge in [0, 0.05) is 9.92 Å². The van der Waals surface area contributed by atoms with Crippen LogP contribution in [0.4, 0.5) is 0 Å². The van der Waals surface area contributed by atoms with Crippen LogP contribution >= 0.6 is 34.7 Å². The molecule has 2 rings (SSSR count). The summed E-state index contributed by atoms with van der Waals surface area (Å²) >= 11 is 8.85. The molecule has 2 nitrogen and oxygen atoms in total. The van der Waals surface area contributed by atoms with Crippen LogP contribution in [0.3, 0.4) is 0 Å². The molecule has 0 amide bonds. The van der Waals surface area contributed by atoms with E-state index >= 15 is 0 Å². The third kappa shape index (κ3) is 2.58. The first-order valence-corrected chi connectivity index (χ1v) is 6.48. The number of hydrogen-bond acceptors (Lipinski definition) is 3. The Morgan fingerprint density at radius 2 is 2.19 bits per heavy atom. The molecule has 0 spiro atoms. The van der Waals surface area contributed by atoms with Crippen LogP contribution < -0.4 is 0 Å². The second-order valence-electron chi connectivity index (χ2n) is 2.98. The molecule has 5 heteroatoms. The Kier molecular flexibility index (Phi) is 3.53. The Balaban J connectivity index is 2.38. The van der Waals surface area contributed by atoms with Crippen molar-refractivity contribution in [3.8, 4) is 0 Å². The van der Waals surface area contributed by atoms with Crippen LogP contribution in [-0.2, 0) is 0 Å². The third-order valence-electron chi connectivity index (χ3n) is 1.88. The van der Waals surface area contributed by atoms with Crippen molar-refractivity contribution in [2.75, 3.05) is 0 Å². The van der Waals surface area contributed by atoms with E-state index in [1.165, 1.54) is 17.8 Å². The summed E-state index contributed by atoms with van der Waals surface area (Å²) in [6, 6.07) is 8.67. The lowest BCUT2D eigenvalue weighted by atomic mass is 10.2. The zero-order chi connectivity index (χ0) is 11.5. The molecule has 1 aromatic carbocycles. The fourth-order valence-electron chi connectivity index (χ4n) is 1.19. The van der Waals surface area contributed by atoms with Crippen LogP contribution in [0.2, 0.25) is 5.02 Å². The molecule has 16 heavy (non-hydrogen) atoms. The molecule has 0 atom stereocenters. The standard InChI is InChI=1S/C11H7ClO2S2/c12-7-3-4-8(11(13)14)9(6-7)16-10-2-1-5-15-10/h1-6H,(H,13,14). The van der Waals surface area contributed by atoms with E-state index in [1.807, 2.05) is 17.5 Å². The molecule has 0 fully saturated rings. The van der Waals surface area contributed by atoms with Gasteiger partial charge in [-0.3, -0.25) is 0 Å². The molecular weight excluding hydrogens is 264 g/mol. The largest absolute Gasteiger partial charge is 0.478 e. The van der Waals surface area contributed by atoms with Gasteiger partial charge in [-0.25, -0.2) is 4.79 Å². The van der Waals surface area contributed by atoms with Gasteiger partial charge < -0.3 is 5.11 Å². The highest BCUT2D eigenvalue weighted by atomic mass is 35.5. The summed E-state index contributed by atoms with van der Waals surface area (Å²) in [6.07, 6.45) is 0. The van der Waals surface area contributed by atoms with Crippen LogP contribution in [0.5, 0.6) is 0 Å². The lowest BCUT2D eigenvalue weighted by Crippen LogP contribution is -1.98. The van der Waals surface area contributed by atoms with E-state index in [9.17, 15) is 4.79 Å². The monoisotopic (exact) mass is 270 g/mol. The highest BCUT2D eigenvalue weighted by Gasteiger charge is 2.11. The molecule has 0 saturated carbocycles. The van der Waals surface area contributed by atoms with Crippen LogP contribution in [0.25, 0.3) is 0 Å². The van der Waals surface area contributed by atoms with E-state index in [0.717, 1.165) is 4.21 Å². The summed E-state index contributed by atoms with van der Waals surface area (Å²) < 4.78 is 1.05. The Hall–Kier alpha value is -0.970. The van der Waals surface area contributed by atoms with E-state index in [1.54, 1.807) is 23.5 Å². The zero-order valence-electron chi connectivity index (χ0n) is 8.01. The average Bonchev–Trinajstić information content (AvgIpc) is 2.70. The Labute approximate surface area is 106 Å². The van der Waals surface area contributed by atoms with Gasteiger partial charge in [-0.2, -0.15) is 0 Å². The molecule has 82 valence electrons. The molecule has 0 radical (unpaired) electrons. The SMILES string of the molecule is O=C(O)c1ccc(Cl)cc1Sc1cccs1. The van der Waals surface area contributed by atoms with E-state index in [0.29, 0.717) is 9.92 Å². The lowest BCUT2D eigenvalue weighted by Gasteiger charge is -2.04. The molecule has 0 saturated heterocycles. The molecule has 1 heterocycles. The highest BCUT2D eigenvalue weighted by molar-refractivity contribution is 8.01. The molecular formula is C11H7ClO2S2. The van der Waals surface area contributed by atoms with Crippen LogP contribution in [0, 0.1) is 0 Å². The lowest BCUT2D eigenvalue weighted by molar-refractivity contribution is 0.0693. The molecule has 1 aromatic heterocycles. The maximum atomic E-state index is 11.0. The Bertz CT molecular complexity index is 509. The number of rotatable bonds is 3. The molecule has 1 N–H and O–H groups in total. The van der Waals surface area contributed by atoms with Crippen molar-refractivity contribution in [1.82, 2.24) is 0 Å². The van der Waals surface area contributed by atoms with Gasteiger partial charge in [0.15, 0.2) is 0 Å². The molecule has 0 aliphatic heterocycles. The summed E-state index contributed by atoms with van der Waals surface area (Å²) in [5.74, 6) is -0.935. The van der Waals surface area contributed by atoms with Crippen molar-refractivity contribution in [3.05, 3.63) is 46.3 Å². The first-order valence-electron chi connectivity index (χ1n) is 4.41. The summed E-state index contributed by atoms with van der Waals surface area (Å²) in [5, 5.41) is 11.5. The van der Waals surface area contributed by atoms with Crippen LogP contribution in [0.1, 0.15) is 10.4 Å². The molecule has 0 aliphatic rings. The van der Waals surface area contributed by atoms with E-state index in [4.69, 9.17) is 16.7 Å². The number of aromatic carboxylic acids is 1. The fraction of sp³-hybridized carbons (Fsp3) is 0. The minimum absolute atomic E-state index is 0.280. The van der Waals surface area contributed by atoms with Gasteiger partial charge in [0.05, 0.1) is 9.77 Å². The summed E-state index contributed by atoms with van der Waals surface area (Å²) in [4.78, 5) is 11.7. The van der Waals surface area contributed by atoms with Gasteiger partial charge in [0.2, 0.25) is 0 Å². The van der Waals surface area contributed by atoms with Gasteiger partial charge in [-0.05, 0) is 29.6 Å². The molecule has 0 unspecified atom stereocenters. The molecule has 2 aromatic rings. The van der Waals surface area contributed by atoms with Gasteiger partial charge in [-0.15, -0.1) is 11.3 Å². The van der Waals surface area contributed by atoms with Crippen molar-refractivity contribution < 1.29 is 9.90 Å². The minimum Gasteiger partial charge on any atom is -0.478 e. The second-order valence-corrected chi connectivity index (χ2v) is 5.71. The van der Waals surface area contributed by atoms with E-state index < -0.39 is 5.97 Å². The Morgan fingerprint density at radius 3 is 2.81 bits per heavy atom. The van der Waals surface area contributed by atoms with Crippen molar-refractivity contribution in [3.63, 3.8) is 0 Å². The number of halogens is 1. The van der Waals surface area contributed by atoms with Crippen LogP contribution in [-0.4, -0.2) is 11.1 Å². The first kappa shape index (κ1) is 11.5. The highest BCUT2D eigenvalue weighted by Crippen LogP contribution is 2.34. The van der Waals surface area contributed by atoms with Crippen LogP contribution in [0.15, 0.2) is 44.8 Å². The Morgan fingerprint density at radius 1 is 1.38 bits per heavy atom. The number of carboxylic acid groups (broad SMARTS) is 1. The zero-order valence-corrected chi connectivity index (χ0v) is 10.4. The summed E-state index contributed by atoms with van der Waals surface area (Å²) in [5.41, 5.74) is 0.280. The van der Waals surface area contributed by atoms with Gasteiger partial charge in [0.1, 0.15) is 0 Å². The van der Waals surface area contributed by atoms with Gasteiger partial charge in [-0.1, -0.05) is 29.4 Å². The third-order valence-corrected chi connectivity index (χ3v) is 4.21. The number of carbonyl (C=O) groups is 1. The predicted octanol–water partition coefficient (Wildman–Crippen LogP) is 4.25. The minimum atomic E-state index is -0.935. The normalized spacial score (nSPS) is 10.3. The predicted molar refractivity (Wildman–Crippen MR) is 66.9 cm³/mol. The maximum Gasteiger partial charge on any atom is 0.336 e. The smallest absolute Gasteiger partial charge is 0.336 e. The summed E-state index contributed by atoms with van der Waals surface area (Å²) in [6.45, 7) is 0. The van der Waals surface area contributed by atoms with E-state index in [-0.39, 0.29) is 5.56 Å². The number of carboxylic acids is 1. The maximum absolute atomic E-state index is 11.0. The number of hydrogen-bond donors (Lipinski definition) is 1. The van der Waals surface area contributed by atoms with Crippen molar-refractivity contribution in [1.29, 1.82) is 0 Å².